The van der Waals surface area contributed by atoms with Crippen LogP contribution in [-0.2, 0) is 4.79 Å². The van der Waals surface area contributed by atoms with E-state index in [2.05, 4.69) is 4.90 Å². The summed E-state index contributed by atoms with van der Waals surface area (Å²) in [6, 6.07) is 13.3. The average molecular weight is 422 g/mol. The summed E-state index contributed by atoms with van der Waals surface area (Å²) < 4.78 is 10.7. The number of hydrogen-bond donors (Lipinski definition) is 2. The Labute approximate surface area is 178 Å². The van der Waals surface area contributed by atoms with E-state index in [1.165, 1.54) is 23.7 Å². The number of carbonyl (C=O) groups excluding carboxylic acids is 2. The molecule has 8 heteroatoms. The zero-order valence-corrected chi connectivity index (χ0v) is 17.1. The molecule has 2 N–H and O–H groups in total. The van der Waals surface area contributed by atoms with Crippen LogP contribution in [0.25, 0.3) is 17.0 Å². The molecule has 0 saturated carbocycles. The number of hydrogen-bond acceptors (Lipinski definition) is 7. The van der Waals surface area contributed by atoms with Crippen LogP contribution in [0.5, 0.6) is 5.75 Å². The molecular weight excluding hydrogens is 400 g/mol. The molecule has 0 aliphatic heterocycles. The molecule has 31 heavy (non-hydrogen) atoms. The predicted octanol–water partition coefficient (Wildman–Crippen LogP) is 3.38. The molecule has 0 unspecified atom stereocenters. The van der Waals surface area contributed by atoms with Crippen LogP contribution < -0.4 is 20.7 Å². The zero-order chi connectivity index (χ0) is 22.4. The quantitative estimate of drug-likeness (QED) is 0.150. The summed E-state index contributed by atoms with van der Waals surface area (Å²) in [6.07, 6.45) is 2.55. The van der Waals surface area contributed by atoms with E-state index in [0.717, 1.165) is 24.9 Å². The van der Waals surface area contributed by atoms with Crippen LogP contribution in [0.1, 0.15) is 29.8 Å². The molecule has 0 bridgehead atoms. The lowest BCUT2D eigenvalue weighted by atomic mass is 10.1. The summed E-state index contributed by atoms with van der Waals surface area (Å²) in [5, 5.41) is 9.13. The SMILES string of the molecule is CCN(CC)c1ccc2cc(C(=O)Oc3cccc(/C=C/C(=O)NO)c3)c(=O)oc2c1. The predicted molar refractivity (Wildman–Crippen MR) is 116 cm³/mol. The van der Waals surface area contributed by atoms with Gasteiger partial charge in [-0.2, -0.15) is 0 Å². The summed E-state index contributed by atoms with van der Waals surface area (Å²) in [6.45, 7) is 5.70. The third-order valence-corrected chi connectivity index (χ3v) is 4.67. The minimum Gasteiger partial charge on any atom is -0.423 e. The molecule has 2 aromatic carbocycles. The zero-order valence-electron chi connectivity index (χ0n) is 17.1. The largest absolute Gasteiger partial charge is 0.423 e. The van der Waals surface area contributed by atoms with Crippen molar-refractivity contribution in [2.45, 2.75) is 13.8 Å². The van der Waals surface area contributed by atoms with Crippen molar-refractivity contribution in [3.8, 4) is 5.75 Å². The maximum Gasteiger partial charge on any atom is 0.351 e. The Morgan fingerprint density at radius 1 is 1.13 bits per heavy atom. The molecule has 1 amide bonds. The van der Waals surface area contributed by atoms with E-state index in [0.29, 0.717) is 16.5 Å². The summed E-state index contributed by atoms with van der Waals surface area (Å²) in [5.41, 5.74) is 2.35. The Bertz CT molecular complexity index is 1190. The monoisotopic (exact) mass is 422 g/mol. The van der Waals surface area contributed by atoms with Crippen molar-refractivity contribution in [2.75, 3.05) is 18.0 Å². The van der Waals surface area contributed by atoms with Gasteiger partial charge in [-0.15, -0.1) is 0 Å². The number of fused-ring (bicyclic) bond motifs is 1. The fraction of sp³-hybridized carbons (Fsp3) is 0.174. The van der Waals surface area contributed by atoms with Crippen LogP contribution in [0.4, 0.5) is 5.69 Å². The highest BCUT2D eigenvalue weighted by Crippen LogP contribution is 2.23. The van der Waals surface area contributed by atoms with Crippen LogP contribution in [0.2, 0.25) is 0 Å². The molecule has 0 spiro atoms. The lowest BCUT2D eigenvalue weighted by Gasteiger charge is -2.20. The molecule has 3 rings (SSSR count). The smallest absolute Gasteiger partial charge is 0.351 e. The number of amides is 1. The Hall–Kier alpha value is -3.91. The maximum atomic E-state index is 12.6. The van der Waals surface area contributed by atoms with Gasteiger partial charge in [0.05, 0.1) is 0 Å². The lowest BCUT2D eigenvalue weighted by molar-refractivity contribution is -0.124. The number of carbonyl (C=O) groups is 2. The maximum absolute atomic E-state index is 12.6. The van der Waals surface area contributed by atoms with Gasteiger partial charge in [-0.25, -0.2) is 15.1 Å². The molecule has 3 aromatic rings. The molecule has 0 atom stereocenters. The number of rotatable bonds is 7. The van der Waals surface area contributed by atoms with Crippen LogP contribution in [0, 0.1) is 0 Å². The van der Waals surface area contributed by atoms with E-state index in [1.54, 1.807) is 30.3 Å². The fourth-order valence-corrected chi connectivity index (χ4v) is 3.08. The molecule has 0 saturated heterocycles. The number of nitrogens with one attached hydrogen (secondary N) is 1. The summed E-state index contributed by atoms with van der Waals surface area (Å²) in [5.74, 6) is -1.36. The van der Waals surface area contributed by atoms with Gasteiger partial charge in [0.1, 0.15) is 16.9 Å². The first-order valence-electron chi connectivity index (χ1n) is 9.72. The molecule has 0 fully saturated rings. The number of nitrogens with zero attached hydrogens (tertiary/aromatic N) is 1. The van der Waals surface area contributed by atoms with Crippen molar-refractivity contribution in [3.63, 3.8) is 0 Å². The van der Waals surface area contributed by atoms with Gasteiger partial charge in [0, 0.05) is 36.3 Å². The first-order valence-corrected chi connectivity index (χ1v) is 9.72. The van der Waals surface area contributed by atoms with Gasteiger partial charge in [0.15, 0.2) is 0 Å². The molecule has 0 aliphatic rings. The molecule has 0 radical (unpaired) electrons. The number of benzene rings is 2. The minimum atomic E-state index is -0.849. The van der Waals surface area contributed by atoms with Gasteiger partial charge in [-0.05, 0) is 55.8 Å². The van der Waals surface area contributed by atoms with E-state index >= 15 is 0 Å². The standard InChI is InChI=1S/C23H22N2O6/c1-3-25(4-2)17-10-9-16-13-19(23(28)31-20(16)14-17)22(27)30-18-7-5-6-15(12-18)8-11-21(26)24-29/h5-14,29H,3-4H2,1-2H3,(H,24,26)/b11-8+. The van der Waals surface area contributed by atoms with E-state index in [-0.39, 0.29) is 11.3 Å². The number of ether oxygens (including phenoxy) is 1. The van der Waals surface area contributed by atoms with E-state index in [1.807, 2.05) is 19.9 Å². The van der Waals surface area contributed by atoms with Gasteiger partial charge in [0.25, 0.3) is 5.91 Å². The highest BCUT2D eigenvalue weighted by Gasteiger charge is 2.17. The van der Waals surface area contributed by atoms with Crippen molar-refractivity contribution in [1.82, 2.24) is 5.48 Å². The van der Waals surface area contributed by atoms with E-state index in [4.69, 9.17) is 14.4 Å². The molecule has 160 valence electrons. The first-order chi connectivity index (χ1) is 14.9. The number of esters is 1. The van der Waals surface area contributed by atoms with Crippen molar-refractivity contribution in [2.24, 2.45) is 0 Å². The molecule has 1 heterocycles. The topological polar surface area (TPSA) is 109 Å². The third-order valence-electron chi connectivity index (χ3n) is 4.67. The highest BCUT2D eigenvalue weighted by molar-refractivity contribution is 5.95. The fourth-order valence-electron chi connectivity index (χ4n) is 3.08. The van der Waals surface area contributed by atoms with Gasteiger partial charge < -0.3 is 14.1 Å². The van der Waals surface area contributed by atoms with Crippen molar-refractivity contribution < 1.29 is 24.0 Å². The number of hydroxylamine groups is 1. The molecule has 8 nitrogen and oxygen atoms in total. The molecule has 1 aromatic heterocycles. The summed E-state index contributed by atoms with van der Waals surface area (Å²) in [7, 11) is 0. The second-order valence-corrected chi connectivity index (χ2v) is 6.61. The first kappa shape index (κ1) is 21.8. The van der Waals surface area contributed by atoms with Gasteiger partial charge >= 0.3 is 11.6 Å². The average Bonchev–Trinajstić information content (AvgIpc) is 2.78. The van der Waals surface area contributed by atoms with E-state index in [9.17, 15) is 14.4 Å². The van der Waals surface area contributed by atoms with Crippen LogP contribution >= 0.6 is 0 Å². The Morgan fingerprint density at radius 2 is 1.90 bits per heavy atom. The van der Waals surface area contributed by atoms with Crippen LogP contribution in [-0.4, -0.2) is 30.2 Å². The Balaban J connectivity index is 1.85. The number of anilines is 1. The summed E-state index contributed by atoms with van der Waals surface area (Å²) >= 11 is 0. The van der Waals surface area contributed by atoms with Crippen molar-refractivity contribution in [3.05, 3.63) is 76.2 Å². The van der Waals surface area contributed by atoms with E-state index < -0.39 is 17.5 Å². The summed E-state index contributed by atoms with van der Waals surface area (Å²) in [4.78, 5) is 38.2. The van der Waals surface area contributed by atoms with Gasteiger partial charge in [-0.3, -0.25) is 10.0 Å². The normalized spacial score (nSPS) is 10.9. The van der Waals surface area contributed by atoms with Crippen molar-refractivity contribution >= 4 is 34.6 Å². The molecule has 0 aliphatic carbocycles. The minimum absolute atomic E-state index is 0.188. The van der Waals surface area contributed by atoms with Crippen LogP contribution in [0.3, 0.4) is 0 Å². The Kier molecular flexibility index (Phi) is 6.84. The van der Waals surface area contributed by atoms with Gasteiger partial charge in [0.2, 0.25) is 0 Å². The van der Waals surface area contributed by atoms with Gasteiger partial charge in [-0.1, -0.05) is 12.1 Å². The van der Waals surface area contributed by atoms with Crippen molar-refractivity contribution in [1.29, 1.82) is 0 Å². The van der Waals surface area contributed by atoms with Crippen LogP contribution in [0.15, 0.2) is 63.8 Å². The second-order valence-electron chi connectivity index (χ2n) is 6.61. The second kappa shape index (κ2) is 9.73. The third kappa shape index (κ3) is 5.18. The molecular formula is C23H22N2O6. The Morgan fingerprint density at radius 3 is 2.61 bits per heavy atom. The lowest BCUT2D eigenvalue weighted by Crippen LogP contribution is -2.22. The highest BCUT2D eigenvalue weighted by atomic mass is 16.5.